The molecule has 9 heavy (non-hydrogen) atoms. The molecule has 1 heterocycles. The zero-order chi connectivity index (χ0) is 6.85. The lowest BCUT2D eigenvalue weighted by Crippen LogP contribution is -2.52. The predicted octanol–water partition coefficient (Wildman–Crippen LogP) is 0.668. The Balaban J connectivity index is 2.35. The van der Waals surface area contributed by atoms with Crippen LogP contribution in [0.3, 0.4) is 0 Å². The second-order valence-electron chi connectivity index (χ2n) is 2.82. The molecule has 1 rings (SSSR count). The highest BCUT2D eigenvalue weighted by atomic mass is 16.1. The van der Waals surface area contributed by atoms with Gasteiger partial charge in [-0.25, -0.2) is 0 Å². The zero-order valence-electron chi connectivity index (χ0n) is 6.00. The van der Waals surface area contributed by atoms with E-state index in [1.54, 1.807) is 0 Å². The van der Waals surface area contributed by atoms with Gasteiger partial charge in [-0.1, -0.05) is 0 Å². The van der Waals surface area contributed by atoms with Crippen molar-refractivity contribution in [2.45, 2.75) is 32.4 Å². The van der Waals surface area contributed by atoms with Crippen molar-refractivity contribution in [2.24, 2.45) is 0 Å². The minimum Gasteiger partial charge on any atom is -0.302 e. The number of hydrogen-bond acceptors (Lipinski definition) is 2. The van der Waals surface area contributed by atoms with Crippen LogP contribution < -0.4 is 0 Å². The number of likely N-dealkylation sites (tertiary alicyclic amines) is 1. The van der Waals surface area contributed by atoms with Crippen molar-refractivity contribution in [1.29, 1.82) is 0 Å². The molecule has 0 aliphatic carbocycles. The highest BCUT2D eigenvalue weighted by Gasteiger charge is 2.28. The van der Waals surface area contributed by atoms with Gasteiger partial charge in [0, 0.05) is 12.6 Å². The summed E-state index contributed by atoms with van der Waals surface area (Å²) < 4.78 is 0. The van der Waals surface area contributed by atoms with Crippen molar-refractivity contribution < 1.29 is 4.79 Å². The Bertz CT molecular complexity index is 111. The van der Waals surface area contributed by atoms with Crippen LogP contribution in [0.15, 0.2) is 0 Å². The molecule has 52 valence electrons. The third-order valence-electron chi connectivity index (χ3n) is 1.93. The Hall–Kier alpha value is -0.370. The van der Waals surface area contributed by atoms with Gasteiger partial charge in [0.25, 0.3) is 0 Å². The molecule has 1 unspecified atom stereocenters. The van der Waals surface area contributed by atoms with Crippen LogP contribution in [0.25, 0.3) is 0 Å². The summed E-state index contributed by atoms with van der Waals surface area (Å²) in [7, 11) is 0. The average molecular weight is 127 g/mol. The van der Waals surface area contributed by atoms with Crippen LogP contribution in [0.4, 0.5) is 0 Å². The van der Waals surface area contributed by atoms with E-state index in [0.29, 0.717) is 6.04 Å². The zero-order valence-corrected chi connectivity index (χ0v) is 6.00. The topological polar surface area (TPSA) is 20.3 Å². The van der Waals surface area contributed by atoms with Crippen LogP contribution in [0.1, 0.15) is 20.3 Å². The first-order chi connectivity index (χ1) is 4.25. The molecule has 2 heteroatoms. The summed E-state index contributed by atoms with van der Waals surface area (Å²) in [5, 5.41) is 0. The summed E-state index contributed by atoms with van der Waals surface area (Å²) in [5.41, 5.74) is 0. The maximum Gasteiger partial charge on any atom is 0.137 e. The quantitative estimate of drug-likeness (QED) is 0.508. The molecule has 0 aromatic carbocycles. The number of aldehydes is 1. The average Bonchev–Trinajstić information content (AvgIpc) is 1.61. The van der Waals surface area contributed by atoms with Gasteiger partial charge in [-0.15, -0.1) is 0 Å². The lowest BCUT2D eigenvalue weighted by atomic mass is 10.0. The normalized spacial score (nSPS) is 28.1. The summed E-state index contributed by atoms with van der Waals surface area (Å²) in [5.74, 6) is 0. The van der Waals surface area contributed by atoms with Crippen molar-refractivity contribution in [3.63, 3.8) is 0 Å². The number of nitrogens with zero attached hydrogens (tertiary/aromatic N) is 1. The van der Waals surface area contributed by atoms with E-state index in [1.807, 2.05) is 0 Å². The van der Waals surface area contributed by atoms with Crippen molar-refractivity contribution in [1.82, 2.24) is 4.90 Å². The Morgan fingerprint density at radius 2 is 2.33 bits per heavy atom. The van der Waals surface area contributed by atoms with E-state index in [9.17, 15) is 4.79 Å². The number of carbonyl (C=O) groups is 1. The summed E-state index contributed by atoms with van der Waals surface area (Å²) in [6.45, 7) is 5.34. The standard InChI is InChI=1S/C7H13NO/c1-6(2)8-4-3-7(8)5-9/h5-7H,3-4H2,1-2H3. The third-order valence-corrected chi connectivity index (χ3v) is 1.93. The lowest BCUT2D eigenvalue weighted by molar-refractivity contribution is -0.117. The fourth-order valence-corrected chi connectivity index (χ4v) is 1.21. The molecule has 1 aliphatic rings. The fourth-order valence-electron chi connectivity index (χ4n) is 1.21. The van der Waals surface area contributed by atoms with E-state index in [-0.39, 0.29) is 6.04 Å². The van der Waals surface area contributed by atoms with Gasteiger partial charge in [0.05, 0.1) is 6.04 Å². The molecule has 0 radical (unpaired) electrons. The van der Waals surface area contributed by atoms with Crippen molar-refractivity contribution in [2.75, 3.05) is 6.54 Å². The second-order valence-corrected chi connectivity index (χ2v) is 2.82. The molecule has 1 atom stereocenters. The van der Waals surface area contributed by atoms with Crippen LogP contribution in [-0.2, 0) is 4.79 Å². The van der Waals surface area contributed by atoms with E-state index in [4.69, 9.17) is 0 Å². The molecule has 1 saturated heterocycles. The van der Waals surface area contributed by atoms with E-state index in [2.05, 4.69) is 18.7 Å². The van der Waals surface area contributed by atoms with Crippen LogP contribution in [0.2, 0.25) is 0 Å². The first-order valence-electron chi connectivity index (χ1n) is 3.46. The minimum absolute atomic E-state index is 0.227. The molecule has 0 bridgehead atoms. The largest absolute Gasteiger partial charge is 0.302 e. The minimum atomic E-state index is 0.227. The highest BCUT2D eigenvalue weighted by Crippen LogP contribution is 2.17. The summed E-state index contributed by atoms with van der Waals surface area (Å²) in [6.07, 6.45) is 2.10. The van der Waals surface area contributed by atoms with E-state index < -0.39 is 0 Å². The Morgan fingerprint density at radius 3 is 2.44 bits per heavy atom. The molecule has 2 nitrogen and oxygen atoms in total. The van der Waals surface area contributed by atoms with Gasteiger partial charge in [0.1, 0.15) is 6.29 Å². The Kier molecular flexibility index (Phi) is 1.86. The van der Waals surface area contributed by atoms with Crippen LogP contribution in [0.5, 0.6) is 0 Å². The van der Waals surface area contributed by atoms with Crippen molar-refractivity contribution in [3.05, 3.63) is 0 Å². The molecular formula is C7H13NO. The molecule has 1 fully saturated rings. The lowest BCUT2D eigenvalue weighted by Gasteiger charge is -2.40. The predicted molar refractivity (Wildman–Crippen MR) is 36.3 cm³/mol. The van der Waals surface area contributed by atoms with Gasteiger partial charge in [-0.3, -0.25) is 4.90 Å². The van der Waals surface area contributed by atoms with Crippen molar-refractivity contribution >= 4 is 6.29 Å². The van der Waals surface area contributed by atoms with Gasteiger partial charge >= 0.3 is 0 Å². The summed E-state index contributed by atoms with van der Waals surface area (Å²) in [4.78, 5) is 12.5. The molecule has 0 aromatic heterocycles. The maximum absolute atomic E-state index is 10.3. The number of rotatable bonds is 2. The first-order valence-corrected chi connectivity index (χ1v) is 3.46. The molecule has 0 amide bonds. The van der Waals surface area contributed by atoms with Crippen LogP contribution >= 0.6 is 0 Å². The van der Waals surface area contributed by atoms with Gasteiger partial charge in [-0.05, 0) is 20.3 Å². The van der Waals surface area contributed by atoms with E-state index >= 15 is 0 Å². The molecular weight excluding hydrogens is 114 g/mol. The molecule has 0 N–H and O–H groups in total. The second kappa shape index (κ2) is 2.48. The number of carbonyl (C=O) groups excluding carboxylic acids is 1. The maximum atomic E-state index is 10.3. The van der Waals surface area contributed by atoms with E-state index in [0.717, 1.165) is 19.3 Å². The summed E-state index contributed by atoms with van der Waals surface area (Å²) in [6, 6.07) is 0.763. The first kappa shape index (κ1) is 6.75. The molecule has 1 aliphatic heterocycles. The molecule has 0 aromatic rings. The van der Waals surface area contributed by atoms with Crippen molar-refractivity contribution in [3.8, 4) is 0 Å². The van der Waals surface area contributed by atoms with E-state index in [1.165, 1.54) is 0 Å². The van der Waals surface area contributed by atoms with Gasteiger partial charge < -0.3 is 4.79 Å². The highest BCUT2D eigenvalue weighted by molar-refractivity contribution is 5.59. The molecule has 0 spiro atoms. The van der Waals surface area contributed by atoms with Gasteiger partial charge in [-0.2, -0.15) is 0 Å². The summed E-state index contributed by atoms with van der Waals surface area (Å²) >= 11 is 0. The smallest absolute Gasteiger partial charge is 0.137 e. The van der Waals surface area contributed by atoms with Gasteiger partial charge in [0.2, 0.25) is 0 Å². The Morgan fingerprint density at radius 1 is 1.67 bits per heavy atom. The monoisotopic (exact) mass is 127 g/mol. The van der Waals surface area contributed by atoms with Crippen LogP contribution in [-0.4, -0.2) is 29.8 Å². The van der Waals surface area contributed by atoms with Gasteiger partial charge in [0.15, 0.2) is 0 Å². The third kappa shape index (κ3) is 1.13. The number of hydrogen-bond donors (Lipinski definition) is 0. The SMILES string of the molecule is CC(C)N1CCC1C=O. The van der Waals surface area contributed by atoms with Crippen LogP contribution in [0, 0.1) is 0 Å². The molecule has 0 saturated carbocycles. The fraction of sp³-hybridized carbons (Fsp3) is 0.857. The Labute approximate surface area is 55.8 Å².